The molecule has 0 saturated carbocycles. The monoisotopic (exact) mass is 413 g/mol. The minimum atomic E-state index is -4.10. The summed E-state index contributed by atoms with van der Waals surface area (Å²) < 4.78 is 41.0. The maximum atomic E-state index is 13.7. The van der Waals surface area contributed by atoms with Gasteiger partial charge in [-0.2, -0.15) is 0 Å². The first kappa shape index (κ1) is 20.0. The maximum absolute atomic E-state index is 13.7. The maximum Gasteiger partial charge on any atom is 0.262 e. The van der Waals surface area contributed by atoms with Gasteiger partial charge >= 0.3 is 0 Å². The van der Waals surface area contributed by atoms with Crippen molar-refractivity contribution < 1.29 is 22.4 Å². The van der Waals surface area contributed by atoms with Crippen LogP contribution in [0.5, 0.6) is 0 Å². The molecule has 0 spiro atoms. The predicted octanol–water partition coefficient (Wildman–Crippen LogP) is 2.98. The summed E-state index contributed by atoms with van der Waals surface area (Å²) in [6.07, 6.45) is 0. The molecular weight excluding hydrogens is 397 g/mol. The molecule has 3 aromatic rings. The first-order valence-corrected chi connectivity index (χ1v) is 9.83. The van der Waals surface area contributed by atoms with E-state index >= 15 is 0 Å². The van der Waals surface area contributed by atoms with Crippen LogP contribution in [0.4, 0.5) is 15.8 Å². The summed E-state index contributed by atoms with van der Waals surface area (Å²) in [5.41, 5.74) is 5.74. The summed E-state index contributed by atoms with van der Waals surface area (Å²) in [7, 11) is -4.10. The lowest BCUT2D eigenvalue weighted by Crippen LogP contribution is -2.16. The number of sulfonamides is 1. The first-order chi connectivity index (χ1) is 13.8. The molecule has 0 atom stereocenters. The van der Waals surface area contributed by atoms with Crippen LogP contribution in [0.25, 0.3) is 0 Å². The zero-order valence-corrected chi connectivity index (χ0v) is 15.7. The van der Waals surface area contributed by atoms with Gasteiger partial charge in [0.2, 0.25) is 5.91 Å². The highest BCUT2D eigenvalue weighted by Gasteiger charge is 2.18. The lowest BCUT2D eigenvalue weighted by Gasteiger charge is -2.10. The number of nitrogens with two attached hydrogens (primary N) is 1. The fraction of sp³-hybridized carbons (Fsp3) is 0. The van der Waals surface area contributed by atoms with Gasteiger partial charge in [-0.05, 0) is 54.6 Å². The van der Waals surface area contributed by atoms with Crippen molar-refractivity contribution in [3.8, 4) is 0 Å². The van der Waals surface area contributed by atoms with Crippen LogP contribution in [0.1, 0.15) is 20.7 Å². The van der Waals surface area contributed by atoms with E-state index in [-0.39, 0.29) is 21.7 Å². The number of carbonyl (C=O) groups excluding carboxylic acids is 2. The second-order valence-electron chi connectivity index (χ2n) is 6.01. The highest BCUT2D eigenvalue weighted by atomic mass is 32.2. The Balaban J connectivity index is 1.80. The number of anilines is 2. The Kier molecular flexibility index (Phi) is 5.60. The van der Waals surface area contributed by atoms with Crippen molar-refractivity contribution in [3.63, 3.8) is 0 Å². The summed E-state index contributed by atoms with van der Waals surface area (Å²) in [6, 6.07) is 16.6. The summed E-state index contributed by atoms with van der Waals surface area (Å²) in [6.45, 7) is 0. The molecule has 0 fully saturated rings. The van der Waals surface area contributed by atoms with E-state index in [1.807, 2.05) is 0 Å². The standard InChI is InChI=1S/C20H16FN3O4S/c21-17-6-1-2-7-18(17)24-29(27,28)16-5-3-4-14(12-16)20(26)23-15-10-8-13(9-11-15)19(22)25/h1-12,24H,(H2,22,25)(H,23,26). The third-order valence-electron chi connectivity index (χ3n) is 3.95. The van der Waals surface area contributed by atoms with Crippen LogP contribution in [-0.4, -0.2) is 20.2 Å². The molecule has 4 N–H and O–H groups in total. The number of hydrogen-bond acceptors (Lipinski definition) is 4. The number of nitrogens with one attached hydrogen (secondary N) is 2. The fourth-order valence-corrected chi connectivity index (χ4v) is 3.59. The number of rotatable bonds is 6. The fourth-order valence-electron chi connectivity index (χ4n) is 2.47. The number of hydrogen-bond donors (Lipinski definition) is 3. The third-order valence-corrected chi connectivity index (χ3v) is 5.32. The molecule has 29 heavy (non-hydrogen) atoms. The molecule has 3 rings (SSSR count). The summed E-state index contributed by atoms with van der Waals surface area (Å²) in [5.74, 6) is -1.87. The minimum Gasteiger partial charge on any atom is -0.366 e. The Hall–Kier alpha value is -3.72. The van der Waals surface area contributed by atoms with Gasteiger partial charge in [-0.1, -0.05) is 18.2 Å². The molecule has 148 valence electrons. The van der Waals surface area contributed by atoms with E-state index in [2.05, 4.69) is 10.0 Å². The first-order valence-electron chi connectivity index (χ1n) is 8.35. The van der Waals surface area contributed by atoms with Crippen LogP contribution in [0, 0.1) is 5.82 Å². The van der Waals surface area contributed by atoms with E-state index in [1.54, 1.807) is 0 Å². The number of benzene rings is 3. The summed E-state index contributed by atoms with van der Waals surface area (Å²) in [5, 5.41) is 2.60. The summed E-state index contributed by atoms with van der Waals surface area (Å²) in [4.78, 5) is 23.3. The number of amides is 2. The van der Waals surface area contributed by atoms with Gasteiger partial charge in [0.05, 0.1) is 10.6 Å². The molecule has 9 heteroatoms. The van der Waals surface area contributed by atoms with E-state index in [0.29, 0.717) is 5.69 Å². The van der Waals surface area contributed by atoms with E-state index in [9.17, 15) is 22.4 Å². The van der Waals surface area contributed by atoms with Crippen molar-refractivity contribution in [3.05, 3.63) is 89.7 Å². The largest absolute Gasteiger partial charge is 0.366 e. The van der Waals surface area contributed by atoms with E-state index in [0.717, 1.165) is 6.07 Å². The van der Waals surface area contributed by atoms with Crippen molar-refractivity contribution in [2.24, 2.45) is 5.73 Å². The Bertz CT molecular complexity index is 1180. The normalized spacial score (nSPS) is 10.9. The molecule has 0 heterocycles. The third kappa shape index (κ3) is 4.77. The van der Waals surface area contributed by atoms with Crippen LogP contribution >= 0.6 is 0 Å². The molecular formula is C20H16FN3O4S. The Morgan fingerprint density at radius 2 is 1.55 bits per heavy atom. The van der Waals surface area contributed by atoms with E-state index in [1.165, 1.54) is 66.7 Å². The van der Waals surface area contributed by atoms with Gasteiger partial charge in [0.25, 0.3) is 15.9 Å². The molecule has 0 aliphatic rings. The molecule has 3 aromatic carbocycles. The van der Waals surface area contributed by atoms with Crippen LogP contribution < -0.4 is 15.8 Å². The molecule has 0 aliphatic heterocycles. The van der Waals surface area contributed by atoms with Gasteiger partial charge in [-0.15, -0.1) is 0 Å². The van der Waals surface area contributed by atoms with Gasteiger partial charge in [-0.25, -0.2) is 12.8 Å². The van der Waals surface area contributed by atoms with Crippen molar-refractivity contribution in [1.29, 1.82) is 0 Å². The predicted molar refractivity (Wildman–Crippen MR) is 107 cm³/mol. The van der Waals surface area contributed by atoms with Gasteiger partial charge in [-0.3, -0.25) is 14.3 Å². The smallest absolute Gasteiger partial charge is 0.262 e. The number of primary amides is 1. The van der Waals surface area contributed by atoms with Crippen LogP contribution in [-0.2, 0) is 10.0 Å². The highest BCUT2D eigenvalue weighted by Crippen LogP contribution is 2.20. The molecule has 0 radical (unpaired) electrons. The number of para-hydroxylation sites is 1. The molecule has 0 bridgehead atoms. The Labute approximate surface area is 166 Å². The van der Waals surface area contributed by atoms with E-state index < -0.39 is 27.7 Å². The Morgan fingerprint density at radius 1 is 0.862 bits per heavy atom. The quantitative estimate of drug-likeness (QED) is 0.576. The second-order valence-corrected chi connectivity index (χ2v) is 7.69. The number of carbonyl (C=O) groups is 2. The SMILES string of the molecule is NC(=O)c1ccc(NC(=O)c2cccc(S(=O)(=O)Nc3ccccc3F)c2)cc1. The lowest BCUT2D eigenvalue weighted by atomic mass is 10.2. The average Bonchev–Trinajstić information content (AvgIpc) is 2.70. The van der Waals surface area contributed by atoms with Crippen molar-refractivity contribution in [1.82, 2.24) is 0 Å². The molecule has 0 aromatic heterocycles. The van der Waals surface area contributed by atoms with Crippen molar-refractivity contribution in [2.75, 3.05) is 10.0 Å². The van der Waals surface area contributed by atoms with Gasteiger partial charge in [0, 0.05) is 16.8 Å². The molecule has 7 nitrogen and oxygen atoms in total. The second kappa shape index (κ2) is 8.11. The van der Waals surface area contributed by atoms with Crippen molar-refractivity contribution >= 4 is 33.2 Å². The molecule has 0 aliphatic carbocycles. The highest BCUT2D eigenvalue weighted by molar-refractivity contribution is 7.92. The van der Waals surface area contributed by atoms with Gasteiger partial charge in [0.1, 0.15) is 5.82 Å². The average molecular weight is 413 g/mol. The molecule has 2 amide bonds. The zero-order chi connectivity index (χ0) is 21.0. The van der Waals surface area contributed by atoms with E-state index in [4.69, 9.17) is 5.73 Å². The van der Waals surface area contributed by atoms with Gasteiger partial charge < -0.3 is 11.1 Å². The molecule has 0 saturated heterocycles. The van der Waals surface area contributed by atoms with Crippen LogP contribution in [0.15, 0.2) is 77.7 Å². The summed E-state index contributed by atoms with van der Waals surface area (Å²) >= 11 is 0. The Morgan fingerprint density at radius 3 is 2.21 bits per heavy atom. The lowest BCUT2D eigenvalue weighted by molar-refractivity contribution is 0.0998. The van der Waals surface area contributed by atoms with Crippen LogP contribution in [0.3, 0.4) is 0 Å². The molecule has 0 unspecified atom stereocenters. The van der Waals surface area contributed by atoms with Crippen LogP contribution in [0.2, 0.25) is 0 Å². The van der Waals surface area contributed by atoms with Crippen molar-refractivity contribution in [2.45, 2.75) is 4.90 Å². The topological polar surface area (TPSA) is 118 Å². The van der Waals surface area contributed by atoms with Gasteiger partial charge in [0.15, 0.2) is 0 Å². The number of halogens is 1. The minimum absolute atomic E-state index is 0.0837. The zero-order valence-electron chi connectivity index (χ0n) is 14.9.